The van der Waals surface area contributed by atoms with E-state index in [1.807, 2.05) is 6.92 Å². The third-order valence-corrected chi connectivity index (χ3v) is 1.27. The number of nitrogens with zero attached hydrogens (tertiary/aromatic N) is 1. The average molecular weight is 161 g/mol. The molecule has 0 heterocycles. The molecule has 58 valence electrons. The van der Waals surface area contributed by atoms with Gasteiger partial charge < -0.3 is 5.11 Å². The Bertz CT molecular complexity index is 136. The van der Waals surface area contributed by atoms with E-state index >= 15 is 0 Å². The highest BCUT2D eigenvalue weighted by atomic mass is 32.1. The summed E-state index contributed by atoms with van der Waals surface area (Å²) in [7, 11) is 0. The van der Waals surface area contributed by atoms with Gasteiger partial charge in [-0.15, -0.1) is 0 Å². The number of aliphatic carboxylic acids is 1. The molecule has 0 saturated carbocycles. The second kappa shape index (κ2) is 5.29. The van der Waals surface area contributed by atoms with E-state index < -0.39 is 12.0 Å². The van der Waals surface area contributed by atoms with E-state index in [1.165, 1.54) is 0 Å². The first kappa shape index (κ1) is 9.49. The molecule has 0 aliphatic heterocycles. The summed E-state index contributed by atoms with van der Waals surface area (Å²) in [6.45, 7) is 1.90. The van der Waals surface area contributed by atoms with E-state index in [9.17, 15) is 4.79 Å². The lowest BCUT2D eigenvalue weighted by molar-refractivity contribution is -0.137. The van der Waals surface area contributed by atoms with E-state index in [4.69, 9.17) is 5.11 Å². The SMILES string of the molecule is CCC=N[C@@H](CS)C(=O)O. The van der Waals surface area contributed by atoms with Crippen LogP contribution in [-0.4, -0.2) is 29.1 Å². The van der Waals surface area contributed by atoms with Crippen LogP contribution in [0.3, 0.4) is 0 Å². The summed E-state index contributed by atoms with van der Waals surface area (Å²) in [6, 6.07) is -0.678. The van der Waals surface area contributed by atoms with Gasteiger partial charge in [-0.3, -0.25) is 4.99 Å². The number of hydrogen-bond acceptors (Lipinski definition) is 3. The van der Waals surface area contributed by atoms with Crippen molar-refractivity contribution in [3.8, 4) is 0 Å². The summed E-state index contributed by atoms with van der Waals surface area (Å²) >= 11 is 3.83. The number of carbonyl (C=O) groups is 1. The first-order valence-electron chi connectivity index (χ1n) is 3.07. The second-order valence-electron chi connectivity index (χ2n) is 1.78. The lowest BCUT2D eigenvalue weighted by Gasteiger charge is -2.00. The van der Waals surface area contributed by atoms with Crippen molar-refractivity contribution in [3.05, 3.63) is 0 Å². The van der Waals surface area contributed by atoms with Gasteiger partial charge in [-0.1, -0.05) is 6.92 Å². The molecule has 0 unspecified atom stereocenters. The Balaban J connectivity index is 3.83. The predicted octanol–water partition coefficient (Wildman–Crippen LogP) is 0.850. The highest BCUT2D eigenvalue weighted by Crippen LogP contribution is 1.93. The molecule has 0 radical (unpaired) electrons. The molecule has 1 atom stereocenters. The third-order valence-electron chi connectivity index (χ3n) is 0.926. The number of hydrogen-bond donors (Lipinski definition) is 2. The molecule has 0 bridgehead atoms. The molecule has 0 aliphatic carbocycles. The molecule has 10 heavy (non-hydrogen) atoms. The molecule has 0 aliphatic rings. The van der Waals surface area contributed by atoms with Crippen molar-refractivity contribution >= 4 is 24.8 Å². The van der Waals surface area contributed by atoms with Gasteiger partial charge in [0.25, 0.3) is 0 Å². The van der Waals surface area contributed by atoms with Crippen LogP contribution in [0, 0.1) is 0 Å². The zero-order valence-corrected chi connectivity index (χ0v) is 6.71. The van der Waals surface area contributed by atoms with Gasteiger partial charge in [-0.05, 0) is 12.6 Å². The van der Waals surface area contributed by atoms with Crippen LogP contribution in [0.25, 0.3) is 0 Å². The molecule has 0 fully saturated rings. The number of aliphatic imine (C=N–C) groups is 1. The number of thiol groups is 1. The van der Waals surface area contributed by atoms with Gasteiger partial charge in [0.2, 0.25) is 0 Å². The summed E-state index contributed by atoms with van der Waals surface area (Å²) in [5.74, 6) is -0.661. The molecule has 0 rings (SSSR count). The molecule has 0 aromatic carbocycles. The Hall–Kier alpha value is -0.510. The highest BCUT2D eigenvalue weighted by molar-refractivity contribution is 7.80. The fraction of sp³-hybridized carbons (Fsp3) is 0.667. The van der Waals surface area contributed by atoms with Crippen LogP contribution in [0.1, 0.15) is 13.3 Å². The van der Waals surface area contributed by atoms with Crippen LogP contribution in [-0.2, 0) is 4.79 Å². The number of rotatable bonds is 4. The molecular formula is C6H11NO2S. The minimum atomic E-state index is -0.917. The normalized spacial score (nSPS) is 13.8. The maximum absolute atomic E-state index is 10.3. The Morgan fingerprint density at radius 1 is 1.90 bits per heavy atom. The Morgan fingerprint density at radius 2 is 2.50 bits per heavy atom. The average Bonchev–Trinajstić information content (AvgIpc) is 1.89. The Morgan fingerprint density at radius 3 is 2.80 bits per heavy atom. The van der Waals surface area contributed by atoms with Gasteiger partial charge >= 0.3 is 5.97 Å². The first-order valence-corrected chi connectivity index (χ1v) is 3.71. The zero-order valence-electron chi connectivity index (χ0n) is 5.82. The van der Waals surface area contributed by atoms with Crippen molar-refractivity contribution in [2.75, 3.05) is 5.75 Å². The smallest absolute Gasteiger partial charge is 0.329 e. The van der Waals surface area contributed by atoms with Crippen molar-refractivity contribution in [2.45, 2.75) is 19.4 Å². The highest BCUT2D eigenvalue weighted by Gasteiger charge is 2.11. The summed E-state index contributed by atoms with van der Waals surface area (Å²) in [4.78, 5) is 14.0. The largest absolute Gasteiger partial charge is 0.480 e. The van der Waals surface area contributed by atoms with Crippen molar-refractivity contribution in [1.29, 1.82) is 0 Å². The van der Waals surface area contributed by atoms with E-state index in [1.54, 1.807) is 6.21 Å². The summed E-state index contributed by atoms with van der Waals surface area (Å²) in [5.41, 5.74) is 0. The predicted molar refractivity (Wildman–Crippen MR) is 44.1 cm³/mol. The van der Waals surface area contributed by atoms with E-state index in [0.29, 0.717) is 0 Å². The van der Waals surface area contributed by atoms with Gasteiger partial charge in [0.05, 0.1) is 0 Å². The first-order chi connectivity index (χ1) is 4.72. The van der Waals surface area contributed by atoms with Gasteiger partial charge in [0, 0.05) is 5.75 Å². The monoisotopic (exact) mass is 161 g/mol. The zero-order chi connectivity index (χ0) is 7.98. The van der Waals surface area contributed by atoms with Gasteiger partial charge in [-0.2, -0.15) is 12.6 Å². The standard InChI is InChI=1S/C6H11NO2S/c1-2-3-7-5(4-10)6(8)9/h3,5,10H,2,4H2,1H3,(H,8,9)/t5-/m0/s1. The van der Waals surface area contributed by atoms with Crippen LogP contribution >= 0.6 is 12.6 Å². The van der Waals surface area contributed by atoms with Crippen molar-refractivity contribution in [2.24, 2.45) is 4.99 Å². The lowest BCUT2D eigenvalue weighted by atomic mass is 10.3. The van der Waals surface area contributed by atoms with Crippen LogP contribution in [0.2, 0.25) is 0 Å². The summed E-state index contributed by atoms with van der Waals surface area (Å²) < 4.78 is 0. The van der Waals surface area contributed by atoms with Crippen molar-refractivity contribution < 1.29 is 9.90 Å². The second-order valence-corrected chi connectivity index (χ2v) is 2.14. The van der Waals surface area contributed by atoms with Crippen LogP contribution < -0.4 is 0 Å². The topological polar surface area (TPSA) is 49.7 Å². The molecule has 3 nitrogen and oxygen atoms in total. The minimum absolute atomic E-state index is 0.256. The molecule has 0 aromatic heterocycles. The lowest BCUT2D eigenvalue weighted by Crippen LogP contribution is -2.19. The van der Waals surface area contributed by atoms with Crippen LogP contribution in [0.4, 0.5) is 0 Å². The molecule has 4 heteroatoms. The quantitative estimate of drug-likeness (QED) is 0.474. The molecule has 0 amide bonds. The third kappa shape index (κ3) is 3.50. The number of carboxylic acids is 1. The molecule has 0 aromatic rings. The van der Waals surface area contributed by atoms with Gasteiger partial charge in [0.15, 0.2) is 6.04 Å². The van der Waals surface area contributed by atoms with Gasteiger partial charge in [-0.25, -0.2) is 4.79 Å². The maximum atomic E-state index is 10.3. The maximum Gasteiger partial charge on any atom is 0.329 e. The van der Waals surface area contributed by atoms with Gasteiger partial charge in [0.1, 0.15) is 0 Å². The fourth-order valence-electron chi connectivity index (χ4n) is 0.422. The number of carboxylic acid groups (broad SMARTS) is 1. The van der Waals surface area contributed by atoms with E-state index in [2.05, 4.69) is 17.6 Å². The van der Waals surface area contributed by atoms with Crippen LogP contribution in [0.15, 0.2) is 4.99 Å². The molecular weight excluding hydrogens is 150 g/mol. The fourth-order valence-corrected chi connectivity index (χ4v) is 0.672. The van der Waals surface area contributed by atoms with Crippen molar-refractivity contribution in [3.63, 3.8) is 0 Å². The van der Waals surface area contributed by atoms with Crippen molar-refractivity contribution in [1.82, 2.24) is 0 Å². The van der Waals surface area contributed by atoms with E-state index in [-0.39, 0.29) is 5.75 Å². The summed E-state index contributed by atoms with van der Waals surface area (Å²) in [6.07, 6.45) is 2.35. The molecule has 1 N–H and O–H groups in total. The minimum Gasteiger partial charge on any atom is -0.480 e. The Labute approximate surface area is 65.6 Å². The van der Waals surface area contributed by atoms with Crippen LogP contribution in [0.5, 0.6) is 0 Å². The van der Waals surface area contributed by atoms with E-state index in [0.717, 1.165) is 6.42 Å². The summed E-state index contributed by atoms with van der Waals surface area (Å²) in [5, 5.41) is 8.44. The molecule has 0 saturated heterocycles. The molecule has 0 spiro atoms. The Kier molecular flexibility index (Phi) is 5.02.